The van der Waals surface area contributed by atoms with Gasteiger partial charge in [0.15, 0.2) is 0 Å². The van der Waals surface area contributed by atoms with Gasteiger partial charge in [-0.1, -0.05) is 26.8 Å². The van der Waals surface area contributed by atoms with Crippen LogP contribution in [0, 0.1) is 5.92 Å². The van der Waals surface area contributed by atoms with E-state index in [1.54, 1.807) is 0 Å². The summed E-state index contributed by atoms with van der Waals surface area (Å²) in [4.78, 5) is 2.53. The summed E-state index contributed by atoms with van der Waals surface area (Å²) in [5.41, 5.74) is 0. The minimum absolute atomic E-state index is 0.810. The maximum Gasteiger partial charge on any atom is 0.0289 e. The molecule has 0 spiro atoms. The zero-order valence-corrected chi connectivity index (χ0v) is 9.29. The lowest BCUT2D eigenvalue weighted by Crippen LogP contribution is -2.34. The first-order valence-corrected chi connectivity index (χ1v) is 5.66. The molecule has 0 aromatic carbocycles. The number of rotatable bonds is 4. The van der Waals surface area contributed by atoms with Gasteiger partial charge in [-0.2, -0.15) is 0 Å². The van der Waals surface area contributed by atoms with E-state index in [2.05, 4.69) is 37.9 Å². The van der Waals surface area contributed by atoms with Crippen molar-refractivity contribution < 1.29 is 0 Å². The standard InChI is InChI=1S/C12H23N/c1-4-8-13-9-6-5-7-12(13)10-11(2)3/h6,9,11-12H,4-5,7-8,10H2,1-3H3. The lowest BCUT2D eigenvalue weighted by molar-refractivity contribution is 0.219. The van der Waals surface area contributed by atoms with Gasteiger partial charge in [-0.25, -0.2) is 0 Å². The van der Waals surface area contributed by atoms with Crippen molar-refractivity contribution in [1.29, 1.82) is 0 Å². The Balaban J connectivity index is 2.44. The summed E-state index contributed by atoms with van der Waals surface area (Å²) < 4.78 is 0. The third-order valence-electron chi connectivity index (χ3n) is 2.66. The lowest BCUT2D eigenvalue weighted by atomic mass is 9.96. The highest BCUT2D eigenvalue weighted by molar-refractivity contribution is 4.93. The van der Waals surface area contributed by atoms with Gasteiger partial charge in [-0.3, -0.25) is 0 Å². The Morgan fingerprint density at radius 1 is 1.46 bits per heavy atom. The van der Waals surface area contributed by atoms with Crippen molar-refractivity contribution >= 4 is 0 Å². The summed E-state index contributed by atoms with van der Waals surface area (Å²) >= 11 is 0. The largest absolute Gasteiger partial charge is 0.375 e. The van der Waals surface area contributed by atoms with Crippen LogP contribution in [-0.2, 0) is 0 Å². The molecule has 1 aliphatic rings. The van der Waals surface area contributed by atoms with Crippen LogP contribution in [0.4, 0.5) is 0 Å². The lowest BCUT2D eigenvalue weighted by Gasteiger charge is -2.34. The summed E-state index contributed by atoms with van der Waals surface area (Å²) in [6, 6.07) is 0.810. The van der Waals surface area contributed by atoms with Crippen molar-refractivity contribution in [2.24, 2.45) is 5.92 Å². The minimum atomic E-state index is 0.810. The summed E-state index contributed by atoms with van der Waals surface area (Å²) in [6.45, 7) is 8.13. The molecular weight excluding hydrogens is 158 g/mol. The van der Waals surface area contributed by atoms with Gasteiger partial charge in [-0.15, -0.1) is 0 Å². The molecule has 0 radical (unpaired) electrons. The van der Waals surface area contributed by atoms with Crippen LogP contribution >= 0.6 is 0 Å². The molecule has 0 saturated heterocycles. The van der Waals surface area contributed by atoms with E-state index >= 15 is 0 Å². The van der Waals surface area contributed by atoms with E-state index in [1.807, 2.05) is 0 Å². The van der Waals surface area contributed by atoms with Gasteiger partial charge in [0.2, 0.25) is 0 Å². The molecule has 1 heteroatoms. The first kappa shape index (κ1) is 10.6. The summed E-state index contributed by atoms with van der Waals surface area (Å²) in [6.07, 6.45) is 9.86. The molecule has 1 rings (SSSR count). The Bertz CT molecular complexity index is 161. The SMILES string of the molecule is CCCN1C=CCCC1CC(C)C. The highest BCUT2D eigenvalue weighted by Gasteiger charge is 2.17. The van der Waals surface area contributed by atoms with E-state index in [4.69, 9.17) is 0 Å². The average Bonchev–Trinajstić information content (AvgIpc) is 2.08. The van der Waals surface area contributed by atoms with E-state index < -0.39 is 0 Å². The minimum Gasteiger partial charge on any atom is -0.375 e. The van der Waals surface area contributed by atoms with Crippen LogP contribution in [0.2, 0.25) is 0 Å². The molecular formula is C12H23N. The number of allylic oxidation sites excluding steroid dienone is 1. The molecule has 0 saturated carbocycles. The fraction of sp³-hybridized carbons (Fsp3) is 0.833. The van der Waals surface area contributed by atoms with Crippen molar-refractivity contribution in [3.05, 3.63) is 12.3 Å². The van der Waals surface area contributed by atoms with Crippen LogP contribution in [0.5, 0.6) is 0 Å². The monoisotopic (exact) mass is 181 g/mol. The van der Waals surface area contributed by atoms with Crippen molar-refractivity contribution in [3.63, 3.8) is 0 Å². The molecule has 1 atom stereocenters. The van der Waals surface area contributed by atoms with E-state index in [-0.39, 0.29) is 0 Å². The van der Waals surface area contributed by atoms with Crippen molar-refractivity contribution in [2.75, 3.05) is 6.54 Å². The third kappa shape index (κ3) is 3.41. The Morgan fingerprint density at radius 2 is 2.23 bits per heavy atom. The first-order chi connectivity index (χ1) is 6.24. The molecule has 13 heavy (non-hydrogen) atoms. The molecule has 1 heterocycles. The van der Waals surface area contributed by atoms with Crippen LogP contribution < -0.4 is 0 Å². The number of hydrogen-bond acceptors (Lipinski definition) is 1. The average molecular weight is 181 g/mol. The number of hydrogen-bond donors (Lipinski definition) is 0. The second kappa shape index (κ2) is 5.31. The van der Waals surface area contributed by atoms with Gasteiger partial charge < -0.3 is 4.90 Å². The predicted molar refractivity (Wildman–Crippen MR) is 58.6 cm³/mol. The van der Waals surface area contributed by atoms with Gasteiger partial charge in [0, 0.05) is 12.6 Å². The van der Waals surface area contributed by atoms with Gasteiger partial charge in [0.1, 0.15) is 0 Å². The van der Waals surface area contributed by atoms with Gasteiger partial charge >= 0.3 is 0 Å². The van der Waals surface area contributed by atoms with Crippen molar-refractivity contribution in [1.82, 2.24) is 4.90 Å². The maximum absolute atomic E-state index is 2.53. The zero-order valence-electron chi connectivity index (χ0n) is 9.29. The van der Waals surface area contributed by atoms with Crippen LogP contribution in [-0.4, -0.2) is 17.5 Å². The molecule has 0 aromatic heterocycles. The summed E-state index contributed by atoms with van der Waals surface area (Å²) in [5, 5.41) is 0. The molecule has 1 unspecified atom stereocenters. The van der Waals surface area contributed by atoms with Crippen LogP contribution in [0.1, 0.15) is 46.5 Å². The van der Waals surface area contributed by atoms with Gasteiger partial charge in [0.05, 0.1) is 0 Å². The molecule has 0 aromatic rings. The van der Waals surface area contributed by atoms with E-state index in [9.17, 15) is 0 Å². The Morgan fingerprint density at radius 3 is 2.85 bits per heavy atom. The quantitative estimate of drug-likeness (QED) is 0.642. The van der Waals surface area contributed by atoms with E-state index in [1.165, 1.54) is 32.2 Å². The van der Waals surface area contributed by atoms with Crippen LogP contribution in [0.15, 0.2) is 12.3 Å². The van der Waals surface area contributed by atoms with Crippen LogP contribution in [0.3, 0.4) is 0 Å². The molecule has 0 amide bonds. The highest BCUT2D eigenvalue weighted by atomic mass is 15.1. The van der Waals surface area contributed by atoms with Crippen molar-refractivity contribution in [3.8, 4) is 0 Å². The normalized spacial score (nSPS) is 22.8. The summed E-state index contributed by atoms with van der Waals surface area (Å²) in [7, 11) is 0. The van der Waals surface area contributed by atoms with Crippen molar-refractivity contribution in [2.45, 2.75) is 52.5 Å². The second-order valence-electron chi connectivity index (χ2n) is 4.48. The van der Waals surface area contributed by atoms with Gasteiger partial charge in [0.25, 0.3) is 0 Å². The molecule has 1 aliphatic heterocycles. The smallest absolute Gasteiger partial charge is 0.0289 e. The summed E-state index contributed by atoms with van der Waals surface area (Å²) in [5.74, 6) is 0.829. The highest BCUT2D eigenvalue weighted by Crippen LogP contribution is 2.21. The van der Waals surface area contributed by atoms with Crippen LogP contribution in [0.25, 0.3) is 0 Å². The molecule has 0 aliphatic carbocycles. The topological polar surface area (TPSA) is 3.24 Å². The molecule has 0 fully saturated rings. The van der Waals surface area contributed by atoms with E-state index in [0.29, 0.717) is 0 Å². The first-order valence-electron chi connectivity index (χ1n) is 5.66. The molecule has 1 nitrogen and oxygen atoms in total. The Labute approximate surface area is 82.8 Å². The molecule has 0 bridgehead atoms. The molecule has 76 valence electrons. The fourth-order valence-corrected chi connectivity index (χ4v) is 2.10. The maximum atomic E-state index is 2.53. The Hall–Kier alpha value is -0.460. The van der Waals surface area contributed by atoms with Gasteiger partial charge in [-0.05, 0) is 37.8 Å². The Kier molecular flexibility index (Phi) is 4.34. The van der Waals surface area contributed by atoms with E-state index in [0.717, 1.165) is 12.0 Å². The second-order valence-corrected chi connectivity index (χ2v) is 4.48. The third-order valence-corrected chi connectivity index (χ3v) is 2.66. The fourth-order valence-electron chi connectivity index (χ4n) is 2.10. The molecule has 0 N–H and O–H groups in total. The predicted octanol–water partition coefficient (Wildman–Crippen LogP) is 3.42. The number of nitrogens with zero attached hydrogens (tertiary/aromatic N) is 1. The zero-order chi connectivity index (χ0) is 9.68.